The van der Waals surface area contributed by atoms with E-state index in [-0.39, 0.29) is 11.6 Å². The van der Waals surface area contributed by atoms with Crippen LogP contribution in [-0.2, 0) is 6.61 Å². The molecule has 1 aromatic heterocycles. The third kappa shape index (κ3) is 3.77. The second kappa shape index (κ2) is 7.39. The number of hydrogen-bond acceptors (Lipinski definition) is 4. The Bertz CT molecular complexity index is 807. The highest BCUT2D eigenvalue weighted by molar-refractivity contribution is 6.03. The first-order valence-electron chi connectivity index (χ1n) is 7.51. The number of carbonyl (C=O) groups excluding carboxylic acids is 1. The Morgan fingerprint density at radius 3 is 2.54 bits per heavy atom. The average Bonchev–Trinajstić information content (AvgIpc) is 2.67. The van der Waals surface area contributed by atoms with Crippen LogP contribution in [0.1, 0.15) is 16.1 Å². The minimum atomic E-state index is -0.379. The lowest BCUT2D eigenvalue weighted by Gasteiger charge is -2.17. The van der Waals surface area contributed by atoms with Crippen LogP contribution in [0.5, 0.6) is 5.75 Å². The molecule has 0 bridgehead atoms. The van der Waals surface area contributed by atoms with Crippen molar-refractivity contribution < 1.29 is 9.53 Å². The van der Waals surface area contributed by atoms with E-state index in [2.05, 4.69) is 4.98 Å². The first-order chi connectivity index (χ1) is 11.7. The van der Waals surface area contributed by atoms with Crippen molar-refractivity contribution >= 4 is 11.6 Å². The summed E-state index contributed by atoms with van der Waals surface area (Å²) in [4.78, 5) is 16.4. The molecule has 0 aliphatic rings. The fourth-order valence-corrected chi connectivity index (χ4v) is 2.19. The summed E-state index contributed by atoms with van der Waals surface area (Å²) < 4.78 is 5.76. The Hall–Kier alpha value is -3.18. The monoisotopic (exact) mass is 319 g/mol. The molecule has 0 aliphatic heterocycles. The minimum absolute atomic E-state index is 0.288. The average molecular weight is 319 g/mol. The summed E-state index contributed by atoms with van der Waals surface area (Å²) in [6.07, 6.45) is 1.56. The molecule has 0 unspecified atom stereocenters. The molecule has 1 amide bonds. The van der Waals surface area contributed by atoms with Crippen LogP contribution in [0, 0.1) is 0 Å². The number of hydrogen-bond donors (Lipinski definition) is 1. The fraction of sp³-hybridized carbons (Fsp3) is 0.0526. The minimum Gasteiger partial charge on any atom is -0.489 e. The number of anilines is 1. The van der Waals surface area contributed by atoms with Crippen LogP contribution in [-0.4, -0.2) is 10.9 Å². The van der Waals surface area contributed by atoms with Crippen LogP contribution in [0.2, 0.25) is 0 Å². The van der Waals surface area contributed by atoms with Crippen LogP contribution in [0.15, 0.2) is 79.0 Å². The van der Waals surface area contributed by atoms with E-state index in [0.717, 1.165) is 10.6 Å². The third-order valence-corrected chi connectivity index (χ3v) is 3.45. The number of pyridine rings is 1. The van der Waals surface area contributed by atoms with Crippen molar-refractivity contribution in [3.8, 4) is 5.75 Å². The second-order valence-corrected chi connectivity index (χ2v) is 5.16. The molecule has 5 nitrogen and oxygen atoms in total. The van der Waals surface area contributed by atoms with Gasteiger partial charge in [0.25, 0.3) is 5.91 Å². The number of nitrogens with two attached hydrogens (primary N) is 1. The number of ether oxygens (including phenoxy) is 1. The van der Waals surface area contributed by atoms with Gasteiger partial charge in [-0.2, -0.15) is 0 Å². The molecular weight excluding hydrogens is 302 g/mol. The highest BCUT2D eigenvalue weighted by Crippen LogP contribution is 2.21. The smallest absolute Gasteiger partial charge is 0.291 e. The molecule has 0 fully saturated rings. The van der Waals surface area contributed by atoms with E-state index in [9.17, 15) is 4.79 Å². The number of aromatic nitrogens is 1. The van der Waals surface area contributed by atoms with Gasteiger partial charge in [-0.15, -0.1) is 0 Å². The van der Waals surface area contributed by atoms with Gasteiger partial charge in [0.1, 0.15) is 18.1 Å². The maximum atomic E-state index is 12.3. The van der Waals surface area contributed by atoms with E-state index in [0.29, 0.717) is 18.0 Å². The van der Waals surface area contributed by atoms with E-state index < -0.39 is 0 Å². The molecule has 2 N–H and O–H groups in total. The first kappa shape index (κ1) is 15.7. The summed E-state index contributed by atoms with van der Waals surface area (Å²) in [6, 6.07) is 22.1. The SMILES string of the molecule is NN(C(=O)c1ccccn1)c1cccc(OCc2ccccc2)c1. The van der Waals surface area contributed by atoms with Gasteiger partial charge in [0, 0.05) is 12.3 Å². The maximum absolute atomic E-state index is 12.3. The fourth-order valence-electron chi connectivity index (χ4n) is 2.19. The van der Waals surface area contributed by atoms with E-state index in [4.69, 9.17) is 10.6 Å². The lowest BCUT2D eigenvalue weighted by molar-refractivity contribution is 0.0982. The molecule has 2 aromatic carbocycles. The lowest BCUT2D eigenvalue weighted by atomic mass is 10.2. The van der Waals surface area contributed by atoms with Crippen molar-refractivity contribution in [2.24, 2.45) is 5.84 Å². The zero-order valence-electron chi connectivity index (χ0n) is 13.0. The van der Waals surface area contributed by atoms with Crippen LogP contribution in [0.4, 0.5) is 5.69 Å². The Kier molecular flexibility index (Phi) is 4.84. The van der Waals surface area contributed by atoms with Gasteiger partial charge in [0.15, 0.2) is 0 Å². The number of amides is 1. The zero-order valence-corrected chi connectivity index (χ0v) is 13.0. The lowest BCUT2D eigenvalue weighted by Crippen LogP contribution is -2.37. The Morgan fingerprint density at radius 1 is 1.00 bits per heavy atom. The molecule has 0 radical (unpaired) electrons. The summed E-state index contributed by atoms with van der Waals surface area (Å²) in [5, 5.41) is 1.07. The second-order valence-electron chi connectivity index (χ2n) is 5.16. The van der Waals surface area contributed by atoms with Crippen molar-refractivity contribution in [3.63, 3.8) is 0 Å². The molecule has 5 heteroatoms. The molecule has 0 saturated carbocycles. The van der Waals surface area contributed by atoms with Crippen LogP contribution in [0.25, 0.3) is 0 Å². The van der Waals surface area contributed by atoms with Gasteiger partial charge < -0.3 is 4.74 Å². The Balaban J connectivity index is 1.71. The normalized spacial score (nSPS) is 10.2. The van der Waals surface area contributed by atoms with Gasteiger partial charge in [-0.25, -0.2) is 10.9 Å². The molecule has 0 saturated heterocycles. The van der Waals surface area contributed by atoms with E-state index >= 15 is 0 Å². The summed E-state index contributed by atoms with van der Waals surface area (Å²) in [6.45, 7) is 0.447. The first-order valence-corrected chi connectivity index (χ1v) is 7.51. The number of rotatable bonds is 5. The van der Waals surface area contributed by atoms with Gasteiger partial charge >= 0.3 is 0 Å². The van der Waals surface area contributed by atoms with Crippen molar-refractivity contribution in [2.45, 2.75) is 6.61 Å². The zero-order chi connectivity index (χ0) is 16.8. The summed E-state index contributed by atoms with van der Waals surface area (Å²) in [5.41, 5.74) is 1.89. The van der Waals surface area contributed by atoms with Gasteiger partial charge in [-0.05, 0) is 29.8 Å². The van der Waals surface area contributed by atoms with Crippen molar-refractivity contribution in [3.05, 3.63) is 90.3 Å². The predicted octanol–water partition coefficient (Wildman–Crippen LogP) is 3.18. The maximum Gasteiger partial charge on any atom is 0.291 e. The number of benzene rings is 2. The van der Waals surface area contributed by atoms with Crippen LogP contribution < -0.4 is 15.6 Å². The van der Waals surface area contributed by atoms with Crippen molar-refractivity contribution in [2.75, 3.05) is 5.01 Å². The molecule has 1 heterocycles. The largest absolute Gasteiger partial charge is 0.489 e. The summed E-state index contributed by atoms with van der Waals surface area (Å²) in [7, 11) is 0. The number of carbonyl (C=O) groups is 1. The highest BCUT2D eigenvalue weighted by Gasteiger charge is 2.15. The summed E-state index contributed by atoms with van der Waals surface area (Å²) in [5.74, 6) is 6.20. The summed E-state index contributed by atoms with van der Waals surface area (Å²) >= 11 is 0. The predicted molar refractivity (Wildman–Crippen MR) is 92.4 cm³/mol. The Morgan fingerprint density at radius 2 is 1.79 bits per heavy atom. The molecule has 0 aliphatic carbocycles. The van der Waals surface area contributed by atoms with Gasteiger partial charge in [-0.3, -0.25) is 9.78 Å². The van der Waals surface area contributed by atoms with Gasteiger partial charge in [-0.1, -0.05) is 42.5 Å². The van der Waals surface area contributed by atoms with Crippen LogP contribution >= 0.6 is 0 Å². The number of nitrogens with zero attached hydrogens (tertiary/aromatic N) is 2. The standard InChI is InChI=1S/C19H17N3O2/c20-22(19(23)18-11-4-5-12-21-18)16-9-6-10-17(13-16)24-14-15-7-2-1-3-8-15/h1-13H,14,20H2. The van der Waals surface area contributed by atoms with Crippen molar-refractivity contribution in [1.82, 2.24) is 4.98 Å². The van der Waals surface area contributed by atoms with E-state index in [1.165, 1.54) is 0 Å². The third-order valence-electron chi connectivity index (χ3n) is 3.45. The highest BCUT2D eigenvalue weighted by atomic mass is 16.5. The molecule has 0 atom stereocenters. The quantitative estimate of drug-likeness (QED) is 0.445. The van der Waals surface area contributed by atoms with E-state index in [1.807, 2.05) is 36.4 Å². The number of hydrazine groups is 1. The molecule has 120 valence electrons. The molecule has 3 rings (SSSR count). The van der Waals surface area contributed by atoms with Gasteiger partial charge in [0.2, 0.25) is 0 Å². The van der Waals surface area contributed by atoms with Gasteiger partial charge in [0.05, 0.1) is 5.69 Å². The molecule has 3 aromatic rings. The molecular formula is C19H17N3O2. The Labute approximate surface area is 140 Å². The topological polar surface area (TPSA) is 68.5 Å². The molecule has 0 spiro atoms. The van der Waals surface area contributed by atoms with Crippen LogP contribution in [0.3, 0.4) is 0 Å². The molecule has 24 heavy (non-hydrogen) atoms. The van der Waals surface area contributed by atoms with Crippen molar-refractivity contribution in [1.29, 1.82) is 0 Å². The van der Waals surface area contributed by atoms with E-state index in [1.54, 1.807) is 42.6 Å².